The molecule has 2 fully saturated rings. The Labute approximate surface area is 87.4 Å². The number of aliphatic hydroxyl groups excluding tert-OH is 1. The maximum atomic E-state index is 11.3. The molecule has 0 aromatic rings. The van der Waals surface area contributed by atoms with Crippen molar-refractivity contribution in [3.8, 4) is 0 Å². The zero-order valence-corrected chi connectivity index (χ0v) is 8.51. The highest BCUT2D eigenvalue weighted by molar-refractivity contribution is 5.95. The summed E-state index contributed by atoms with van der Waals surface area (Å²) in [6.45, 7) is 1.76. The van der Waals surface area contributed by atoms with Crippen LogP contribution in [0.4, 0.5) is 0 Å². The third-order valence-corrected chi connectivity index (χ3v) is 2.68. The number of fused-ring (bicyclic) bond motifs is 1. The second-order valence-corrected chi connectivity index (χ2v) is 4.16. The minimum atomic E-state index is -0.777. The summed E-state index contributed by atoms with van der Waals surface area (Å²) in [6.07, 6.45) is -1.06. The number of carbonyl (C=O) groups is 2. The number of ether oxygens (including phenoxy) is 2. The predicted octanol–water partition coefficient (Wildman–Crippen LogP) is -0.201. The summed E-state index contributed by atoms with van der Waals surface area (Å²) in [5, 5.41) is 9.59. The molecule has 5 nitrogen and oxygen atoms in total. The normalized spacial score (nSPS) is 41.7. The van der Waals surface area contributed by atoms with E-state index in [1.54, 1.807) is 6.92 Å². The van der Waals surface area contributed by atoms with E-state index in [9.17, 15) is 14.7 Å². The van der Waals surface area contributed by atoms with Crippen LogP contribution in [0.5, 0.6) is 0 Å². The standard InChI is InChI=1S/C10H14O5/c1-5-2-8-10(15-8)7(12)3-6(11)4-9(13)14-5/h5,7-8,10,12H,2-4H2,1H3/t5-,7+,8+,10-/m1/s1. The first-order valence-electron chi connectivity index (χ1n) is 5.11. The zero-order valence-electron chi connectivity index (χ0n) is 8.51. The first-order valence-corrected chi connectivity index (χ1v) is 5.11. The lowest BCUT2D eigenvalue weighted by molar-refractivity contribution is -0.150. The van der Waals surface area contributed by atoms with Gasteiger partial charge in [0, 0.05) is 12.8 Å². The zero-order chi connectivity index (χ0) is 11.0. The molecule has 84 valence electrons. The fourth-order valence-corrected chi connectivity index (χ4v) is 1.91. The van der Waals surface area contributed by atoms with E-state index >= 15 is 0 Å². The Balaban J connectivity index is 2.02. The number of epoxide rings is 1. The van der Waals surface area contributed by atoms with Crippen molar-refractivity contribution in [3.63, 3.8) is 0 Å². The first kappa shape index (κ1) is 10.6. The smallest absolute Gasteiger partial charge is 0.313 e. The number of cyclic esters (lactones) is 1. The van der Waals surface area contributed by atoms with Crippen molar-refractivity contribution < 1.29 is 24.2 Å². The van der Waals surface area contributed by atoms with Crippen LogP contribution in [-0.2, 0) is 19.1 Å². The lowest BCUT2D eigenvalue weighted by atomic mass is 10.0. The molecule has 2 saturated heterocycles. The molecule has 0 saturated carbocycles. The van der Waals surface area contributed by atoms with E-state index in [2.05, 4.69) is 0 Å². The number of aliphatic hydroxyl groups is 1. The number of hydrogen-bond acceptors (Lipinski definition) is 5. The molecule has 5 heteroatoms. The lowest BCUT2D eigenvalue weighted by Crippen LogP contribution is -2.27. The van der Waals surface area contributed by atoms with Gasteiger partial charge in [0.05, 0.1) is 12.2 Å². The maximum absolute atomic E-state index is 11.3. The number of rotatable bonds is 0. The summed E-state index contributed by atoms with van der Waals surface area (Å²) in [5.41, 5.74) is 0. The van der Waals surface area contributed by atoms with Crippen LogP contribution in [-0.4, -0.2) is 41.3 Å². The molecule has 2 aliphatic rings. The Morgan fingerprint density at radius 1 is 1.40 bits per heavy atom. The molecular formula is C10H14O5. The summed E-state index contributed by atoms with van der Waals surface area (Å²) in [5.74, 6) is -0.811. The Morgan fingerprint density at radius 2 is 2.13 bits per heavy atom. The fraction of sp³-hybridized carbons (Fsp3) is 0.800. The van der Waals surface area contributed by atoms with E-state index in [1.807, 2.05) is 0 Å². The maximum Gasteiger partial charge on any atom is 0.313 e. The fourth-order valence-electron chi connectivity index (χ4n) is 1.91. The van der Waals surface area contributed by atoms with Crippen molar-refractivity contribution in [2.45, 2.75) is 50.6 Å². The average molecular weight is 214 g/mol. The van der Waals surface area contributed by atoms with Gasteiger partial charge in [-0.1, -0.05) is 0 Å². The van der Waals surface area contributed by atoms with Crippen LogP contribution in [0, 0.1) is 0 Å². The van der Waals surface area contributed by atoms with E-state index in [0.29, 0.717) is 6.42 Å². The number of hydrogen-bond donors (Lipinski definition) is 1. The lowest BCUT2D eigenvalue weighted by Gasteiger charge is -2.14. The van der Waals surface area contributed by atoms with E-state index in [1.165, 1.54) is 0 Å². The number of carbonyl (C=O) groups excluding carboxylic acids is 2. The molecule has 0 aromatic carbocycles. The number of Topliss-reactive ketones (excluding diaryl/α,β-unsaturated/α-hetero) is 1. The van der Waals surface area contributed by atoms with Gasteiger partial charge in [-0.15, -0.1) is 0 Å². The van der Waals surface area contributed by atoms with E-state index < -0.39 is 12.1 Å². The molecule has 0 amide bonds. The van der Waals surface area contributed by atoms with Gasteiger partial charge in [0.15, 0.2) is 0 Å². The Morgan fingerprint density at radius 3 is 2.87 bits per heavy atom. The molecule has 0 bridgehead atoms. The van der Waals surface area contributed by atoms with Gasteiger partial charge in [0.25, 0.3) is 0 Å². The largest absolute Gasteiger partial charge is 0.462 e. The van der Waals surface area contributed by atoms with Crippen molar-refractivity contribution in [3.05, 3.63) is 0 Å². The summed E-state index contributed by atoms with van der Waals surface area (Å²) < 4.78 is 10.2. The van der Waals surface area contributed by atoms with E-state index in [4.69, 9.17) is 9.47 Å². The molecule has 2 aliphatic heterocycles. The molecule has 4 atom stereocenters. The van der Waals surface area contributed by atoms with Crippen molar-refractivity contribution in [1.82, 2.24) is 0 Å². The highest BCUT2D eigenvalue weighted by Crippen LogP contribution is 2.32. The Bertz CT molecular complexity index is 288. The van der Waals surface area contributed by atoms with Crippen molar-refractivity contribution >= 4 is 11.8 Å². The average Bonchev–Trinajstić information content (AvgIpc) is 2.80. The van der Waals surface area contributed by atoms with Gasteiger partial charge in [0.2, 0.25) is 0 Å². The van der Waals surface area contributed by atoms with Crippen LogP contribution < -0.4 is 0 Å². The number of esters is 1. The minimum absolute atomic E-state index is 0.0232. The van der Waals surface area contributed by atoms with Crippen molar-refractivity contribution in [2.24, 2.45) is 0 Å². The first-order chi connectivity index (χ1) is 7.06. The van der Waals surface area contributed by atoms with Crippen molar-refractivity contribution in [1.29, 1.82) is 0 Å². The molecular weight excluding hydrogens is 200 g/mol. The van der Waals surface area contributed by atoms with Crippen LogP contribution in [0.15, 0.2) is 0 Å². The SMILES string of the molecule is C[C@@H]1C[C@@H]2O[C@@H]2[C@@H](O)CC(=O)CC(=O)O1. The quantitative estimate of drug-likeness (QED) is 0.343. The molecule has 1 N–H and O–H groups in total. The monoisotopic (exact) mass is 214 g/mol. The minimum Gasteiger partial charge on any atom is -0.462 e. The Hall–Kier alpha value is -0.940. The van der Waals surface area contributed by atoms with Crippen LogP contribution in [0.2, 0.25) is 0 Å². The molecule has 0 aliphatic carbocycles. The Kier molecular flexibility index (Phi) is 2.75. The molecule has 2 heterocycles. The second kappa shape index (κ2) is 3.90. The van der Waals surface area contributed by atoms with Gasteiger partial charge in [0.1, 0.15) is 24.4 Å². The van der Waals surface area contributed by atoms with Gasteiger partial charge in [-0.2, -0.15) is 0 Å². The van der Waals surface area contributed by atoms with Crippen molar-refractivity contribution in [2.75, 3.05) is 0 Å². The third-order valence-electron chi connectivity index (χ3n) is 2.68. The van der Waals surface area contributed by atoms with Crippen LogP contribution in [0.3, 0.4) is 0 Å². The molecule has 0 aromatic heterocycles. The highest BCUT2D eigenvalue weighted by atomic mass is 16.6. The van der Waals surface area contributed by atoms with Gasteiger partial charge >= 0.3 is 5.97 Å². The third kappa shape index (κ3) is 2.54. The van der Waals surface area contributed by atoms with Gasteiger partial charge in [-0.05, 0) is 6.92 Å². The van der Waals surface area contributed by atoms with Gasteiger partial charge in [-0.3, -0.25) is 9.59 Å². The van der Waals surface area contributed by atoms with E-state index in [0.717, 1.165) is 0 Å². The summed E-state index contributed by atoms with van der Waals surface area (Å²) >= 11 is 0. The molecule has 0 unspecified atom stereocenters. The summed E-state index contributed by atoms with van der Waals surface area (Å²) in [6, 6.07) is 0. The van der Waals surface area contributed by atoms with Gasteiger partial charge in [-0.25, -0.2) is 0 Å². The van der Waals surface area contributed by atoms with Crippen LogP contribution in [0.1, 0.15) is 26.2 Å². The van der Waals surface area contributed by atoms with Crippen LogP contribution in [0.25, 0.3) is 0 Å². The summed E-state index contributed by atoms with van der Waals surface area (Å²) in [4.78, 5) is 22.5. The molecule has 15 heavy (non-hydrogen) atoms. The highest BCUT2D eigenvalue weighted by Gasteiger charge is 2.46. The predicted molar refractivity (Wildman–Crippen MR) is 49.1 cm³/mol. The molecule has 0 radical (unpaired) electrons. The second-order valence-electron chi connectivity index (χ2n) is 4.16. The van der Waals surface area contributed by atoms with E-state index in [-0.39, 0.29) is 36.9 Å². The van der Waals surface area contributed by atoms with Crippen LogP contribution >= 0.6 is 0 Å². The molecule has 0 spiro atoms. The summed E-state index contributed by atoms with van der Waals surface area (Å²) in [7, 11) is 0. The topological polar surface area (TPSA) is 76.1 Å². The van der Waals surface area contributed by atoms with Gasteiger partial charge < -0.3 is 14.6 Å². The number of ketones is 1. The molecule has 2 rings (SSSR count).